The summed E-state index contributed by atoms with van der Waals surface area (Å²) in [5, 5.41) is 18.2. The van der Waals surface area contributed by atoms with E-state index in [0.29, 0.717) is 11.4 Å². The second-order valence-corrected chi connectivity index (χ2v) is 7.37. The zero-order chi connectivity index (χ0) is 29.4. The Bertz CT molecular complexity index is 1430. The Labute approximate surface area is 215 Å². The monoisotopic (exact) mass is 556 g/mol. The van der Waals surface area contributed by atoms with E-state index < -0.39 is 24.3 Å². The van der Waals surface area contributed by atoms with E-state index in [9.17, 15) is 31.1 Å². The van der Waals surface area contributed by atoms with Crippen LogP contribution in [0, 0.1) is 6.92 Å². The Morgan fingerprint density at radius 1 is 0.872 bits per heavy atom. The molecule has 0 bridgehead atoms. The van der Waals surface area contributed by atoms with Gasteiger partial charge in [-0.25, -0.2) is 14.6 Å². The third kappa shape index (κ3) is 8.84. The number of carboxylic acid groups (broad SMARTS) is 2. The quantitative estimate of drug-likeness (QED) is 0.246. The maximum absolute atomic E-state index is 12.9. The van der Waals surface area contributed by atoms with Gasteiger partial charge in [0.1, 0.15) is 5.82 Å². The summed E-state index contributed by atoms with van der Waals surface area (Å²) in [5.41, 5.74) is 3.80. The fraction of sp³-hybridized carbons (Fsp3) is 0.125. The van der Waals surface area contributed by atoms with Crippen LogP contribution in [0.3, 0.4) is 0 Å². The van der Waals surface area contributed by atoms with E-state index in [4.69, 9.17) is 19.8 Å². The number of amides is 1. The summed E-state index contributed by atoms with van der Waals surface area (Å²) >= 11 is 0. The number of carboxylic acids is 2. The fourth-order valence-corrected chi connectivity index (χ4v) is 2.90. The molecule has 9 nitrogen and oxygen atoms in total. The second kappa shape index (κ2) is 12.5. The molecular weight excluding hydrogens is 538 g/mol. The molecular formula is C24H18F6N4O5. The SMILES string of the molecule is Cc1cc(NC(=O)c2ccccc2-c2ncc[nH]2)c2ccccc2n1.O=C(O)C(F)(F)F.O=C(O)C(F)(F)F. The van der Waals surface area contributed by atoms with E-state index in [2.05, 4.69) is 20.3 Å². The predicted octanol–water partition coefficient (Wildman–Crippen LogP) is 5.45. The number of pyridine rings is 1. The molecule has 0 atom stereocenters. The van der Waals surface area contributed by atoms with E-state index >= 15 is 0 Å². The van der Waals surface area contributed by atoms with Gasteiger partial charge in [-0.2, -0.15) is 26.3 Å². The average molecular weight is 556 g/mol. The number of fused-ring (bicyclic) bond motifs is 1. The molecule has 2 aromatic carbocycles. The lowest BCUT2D eigenvalue weighted by atomic mass is 10.1. The van der Waals surface area contributed by atoms with Crippen molar-refractivity contribution in [2.45, 2.75) is 19.3 Å². The molecule has 39 heavy (non-hydrogen) atoms. The highest BCUT2D eigenvalue weighted by molar-refractivity contribution is 6.11. The maximum Gasteiger partial charge on any atom is 0.490 e. The standard InChI is InChI=1S/C20H16N4O.2C2HF3O2/c1-13-12-18(16-8-4-5-9-17(16)23-13)24-20(25)15-7-3-2-6-14(15)19-21-10-11-22-19;2*3-2(4,5)1(6)7/h2-12H,1H3,(H,21,22)(H,23,24,25);2*(H,6,7). The summed E-state index contributed by atoms with van der Waals surface area (Å²) in [4.78, 5) is 42.5. The minimum absolute atomic E-state index is 0.178. The lowest BCUT2D eigenvalue weighted by molar-refractivity contribution is -0.193. The van der Waals surface area contributed by atoms with Crippen molar-refractivity contribution < 1.29 is 50.9 Å². The van der Waals surface area contributed by atoms with Gasteiger partial charge < -0.3 is 20.5 Å². The van der Waals surface area contributed by atoms with Crippen molar-refractivity contribution in [3.63, 3.8) is 0 Å². The number of nitrogens with zero attached hydrogens (tertiary/aromatic N) is 2. The summed E-state index contributed by atoms with van der Waals surface area (Å²) < 4.78 is 63.5. The Kier molecular flexibility index (Phi) is 9.73. The van der Waals surface area contributed by atoms with Crippen LogP contribution in [0.5, 0.6) is 0 Å². The molecule has 0 spiro atoms. The topological polar surface area (TPSA) is 145 Å². The van der Waals surface area contributed by atoms with Crippen molar-refractivity contribution >= 4 is 34.4 Å². The van der Waals surface area contributed by atoms with Gasteiger partial charge in [-0.3, -0.25) is 9.78 Å². The summed E-state index contributed by atoms with van der Waals surface area (Å²) in [6, 6.07) is 17.1. The zero-order valence-corrected chi connectivity index (χ0v) is 19.6. The molecule has 15 heteroatoms. The number of hydrogen-bond acceptors (Lipinski definition) is 5. The first kappa shape index (κ1) is 30.3. The molecule has 4 aromatic rings. The van der Waals surface area contributed by atoms with Crippen LogP contribution in [0.2, 0.25) is 0 Å². The molecule has 1 amide bonds. The van der Waals surface area contributed by atoms with Gasteiger partial charge in [0.15, 0.2) is 0 Å². The highest BCUT2D eigenvalue weighted by atomic mass is 19.4. The lowest BCUT2D eigenvalue weighted by Gasteiger charge is -2.11. The van der Waals surface area contributed by atoms with Crippen molar-refractivity contribution in [2.75, 3.05) is 5.32 Å². The summed E-state index contributed by atoms with van der Waals surface area (Å²) in [5.74, 6) is -5.02. The molecule has 2 heterocycles. The number of alkyl halides is 6. The number of para-hydroxylation sites is 1. The van der Waals surface area contributed by atoms with Crippen molar-refractivity contribution in [3.05, 3.63) is 78.2 Å². The van der Waals surface area contributed by atoms with E-state index in [0.717, 1.165) is 27.8 Å². The number of carbonyl (C=O) groups is 3. The van der Waals surface area contributed by atoms with Crippen molar-refractivity contribution in [1.29, 1.82) is 0 Å². The van der Waals surface area contributed by atoms with Crippen LogP contribution in [-0.2, 0) is 9.59 Å². The second-order valence-electron chi connectivity index (χ2n) is 7.37. The van der Waals surface area contributed by atoms with Gasteiger partial charge in [-0.15, -0.1) is 0 Å². The molecule has 0 radical (unpaired) electrons. The van der Waals surface area contributed by atoms with Crippen molar-refractivity contribution in [2.24, 2.45) is 0 Å². The van der Waals surface area contributed by atoms with Crippen LogP contribution in [0.4, 0.5) is 32.0 Å². The Morgan fingerprint density at radius 3 is 1.95 bits per heavy atom. The van der Waals surface area contributed by atoms with Gasteiger partial charge in [-0.1, -0.05) is 36.4 Å². The zero-order valence-electron chi connectivity index (χ0n) is 19.6. The van der Waals surface area contributed by atoms with Crippen molar-refractivity contribution in [3.8, 4) is 11.4 Å². The number of anilines is 1. The Morgan fingerprint density at radius 2 is 1.41 bits per heavy atom. The van der Waals surface area contributed by atoms with Crippen molar-refractivity contribution in [1.82, 2.24) is 15.0 Å². The van der Waals surface area contributed by atoms with Crippen LogP contribution in [0.25, 0.3) is 22.3 Å². The maximum atomic E-state index is 12.9. The molecule has 206 valence electrons. The first-order valence-corrected chi connectivity index (χ1v) is 10.5. The lowest BCUT2D eigenvalue weighted by Crippen LogP contribution is -2.21. The number of aryl methyl sites for hydroxylation is 1. The van der Waals surface area contributed by atoms with Gasteiger partial charge in [0.05, 0.1) is 16.8 Å². The van der Waals surface area contributed by atoms with Crippen LogP contribution < -0.4 is 5.32 Å². The van der Waals surface area contributed by atoms with Gasteiger partial charge in [0.25, 0.3) is 5.91 Å². The molecule has 0 unspecified atom stereocenters. The number of hydrogen-bond donors (Lipinski definition) is 4. The third-order valence-electron chi connectivity index (χ3n) is 4.50. The number of aliphatic carboxylic acids is 2. The third-order valence-corrected chi connectivity index (χ3v) is 4.50. The number of carbonyl (C=O) groups excluding carboxylic acids is 1. The molecule has 0 saturated heterocycles. The number of nitrogens with one attached hydrogen (secondary N) is 2. The molecule has 0 aliphatic carbocycles. The van der Waals surface area contributed by atoms with Gasteiger partial charge in [0.2, 0.25) is 0 Å². The minimum Gasteiger partial charge on any atom is -0.475 e. The average Bonchev–Trinajstić information content (AvgIpc) is 3.38. The van der Waals surface area contributed by atoms with E-state index in [1.54, 1.807) is 18.5 Å². The van der Waals surface area contributed by atoms with Gasteiger partial charge >= 0.3 is 24.3 Å². The van der Waals surface area contributed by atoms with Crippen LogP contribution in [-0.4, -0.2) is 55.4 Å². The Hall–Kier alpha value is -4.95. The summed E-state index contributed by atoms with van der Waals surface area (Å²) in [6.07, 6.45) is -6.76. The predicted molar refractivity (Wildman–Crippen MR) is 126 cm³/mol. The first-order chi connectivity index (χ1) is 18.1. The van der Waals surface area contributed by atoms with Gasteiger partial charge in [-0.05, 0) is 25.1 Å². The molecule has 0 aliphatic heterocycles. The molecule has 4 rings (SSSR count). The minimum atomic E-state index is -5.08. The Balaban J connectivity index is 0.000000317. The van der Waals surface area contributed by atoms with Crippen LogP contribution >= 0.6 is 0 Å². The number of rotatable bonds is 3. The number of benzene rings is 2. The number of imidazole rings is 1. The number of H-pyrrole nitrogens is 1. The summed E-state index contributed by atoms with van der Waals surface area (Å²) in [7, 11) is 0. The highest BCUT2D eigenvalue weighted by Crippen LogP contribution is 2.26. The molecule has 0 aliphatic rings. The highest BCUT2D eigenvalue weighted by Gasteiger charge is 2.38. The molecule has 2 aromatic heterocycles. The summed E-state index contributed by atoms with van der Waals surface area (Å²) in [6.45, 7) is 1.92. The van der Waals surface area contributed by atoms with E-state index in [1.807, 2.05) is 55.5 Å². The first-order valence-electron chi connectivity index (χ1n) is 10.5. The normalized spacial score (nSPS) is 10.9. The largest absolute Gasteiger partial charge is 0.490 e. The smallest absolute Gasteiger partial charge is 0.475 e. The van der Waals surface area contributed by atoms with Gasteiger partial charge in [0, 0.05) is 29.0 Å². The van der Waals surface area contributed by atoms with E-state index in [1.165, 1.54) is 0 Å². The molecule has 0 fully saturated rings. The van der Waals surface area contributed by atoms with E-state index in [-0.39, 0.29) is 5.91 Å². The number of aromatic amines is 1. The fourth-order valence-electron chi connectivity index (χ4n) is 2.90. The molecule has 0 saturated carbocycles. The number of halogens is 6. The van der Waals surface area contributed by atoms with Crippen LogP contribution in [0.1, 0.15) is 16.1 Å². The van der Waals surface area contributed by atoms with Crippen LogP contribution in [0.15, 0.2) is 67.0 Å². The number of aromatic nitrogens is 3. The molecule has 4 N–H and O–H groups in total.